The molecule has 1 aliphatic carbocycles. The fourth-order valence-corrected chi connectivity index (χ4v) is 4.72. The summed E-state index contributed by atoms with van der Waals surface area (Å²) in [5, 5.41) is 11.6. The minimum Gasteiger partial charge on any atom is -0.479 e. The number of nitriles is 1. The first kappa shape index (κ1) is 20.0. The number of carbonyl (C=O) groups is 2. The molecule has 6 nitrogen and oxygen atoms in total. The van der Waals surface area contributed by atoms with Gasteiger partial charge in [-0.2, -0.15) is 5.26 Å². The minimum atomic E-state index is -0.491. The third-order valence-electron chi connectivity index (χ3n) is 6.05. The molecule has 30 heavy (non-hydrogen) atoms. The average Bonchev–Trinajstić information content (AvgIpc) is 3.18. The van der Waals surface area contributed by atoms with Gasteiger partial charge in [0.05, 0.1) is 0 Å². The summed E-state index contributed by atoms with van der Waals surface area (Å²) in [6, 6.07) is 17.7. The van der Waals surface area contributed by atoms with Crippen molar-refractivity contribution in [1.82, 2.24) is 4.90 Å². The number of anilines is 1. The molecule has 3 atom stereocenters. The van der Waals surface area contributed by atoms with E-state index in [0.29, 0.717) is 29.3 Å². The normalized spacial score (nSPS) is 22.6. The zero-order chi connectivity index (χ0) is 20.9. The molecule has 6 heteroatoms. The van der Waals surface area contributed by atoms with Gasteiger partial charge in [-0.1, -0.05) is 37.1 Å². The number of benzene rings is 2. The Morgan fingerprint density at radius 1 is 1.10 bits per heavy atom. The van der Waals surface area contributed by atoms with Crippen molar-refractivity contribution in [3.8, 4) is 11.8 Å². The number of carbonyl (C=O) groups excluding carboxylic acids is 2. The highest BCUT2D eigenvalue weighted by atomic mass is 16.5. The third-order valence-corrected chi connectivity index (χ3v) is 6.05. The molecule has 0 bridgehead atoms. The highest BCUT2D eigenvalue weighted by Crippen LogP contribution is 2.41. The monoisotopic (exact) mass is 403 g/mol. The Bertz CT molecular complexity index is 954. The van der Waals surface area contributed by atoms with E-state index in [2.05, 4.69) is 5.32 Å². The van der Waals surface area contributed by atoms with Gasteiger partial charge in [-0.25, -0.2) is 0 Å². The van der Waals surface area contributed by atoms with Crippen LogP contribution in [0.2, 0.25) is 0 Å². The number of fused-ring (bicyclic) bond motifs is 1. The average molecular weight is 403 g/mol. The van der Waals surface area contributed by atoms with Gasteiger partial charge in [-0.15, -0.1) is 0 Å². The SMILES string of the molecule is N#CCOc1cccc(NC(=O)C2CC3CCCCC3N2C(=O)c2ccccc2)c1. The second-order valence-corrected chi connectivity index (χ2v) is 7.91. The minimum absolute atomic E-state index is 0.0528. The summed E-state index contributed by atoms with van der Waals surface area (Å²) in [6.45, 7) is -0.0528. The van der Waals surface area contributed by atoms with Gasteiger partial charge in [0.2, 0.25) is 5.91 Å². The molecule has 154 valence electrons. The predicted octanol–water partition coefficient (Wildman–Crippen LogP) is 4.00. The molecular weight excluding hydrogens is 378 g/mol. The first-order valence-electron chi connectivity index (χ1n) is 10.5. The van der Waals surface area contributed by atoms with Crippen LogP contribution in [0.15, 0.2) is 54.6 Å². The molecule has 2 aliphatic rings. The third kappa shape index (κ3) is 4.16. The summed E-state index contributed by atoms with van der Waals surface area (Å²) in [4.78, 5) is 28.4. The van der Waals surface area contributed by atoms with Crippen molar-refractivity contribution < 1.29 is 14.3 Å². The van der Waals surface area contributed by atoms with Crippen molar-refractivity contribution >= 4 is 17.5 Å². The van der Waals surface area contributed by atoms with Crippen LogP contribution in [-0.4, -0.2) is 35.4 Å². The molecule has 1 N–H and O–H groups in total. The van der Waals surface area contributed by atoms with Crippen molar-refractivity contribution in [3.05, 3.63) is 60.2 Å². The number of amides is 2. The standard InChI is InChI=1S/C24H25N3O3/c25-13-14-30-20-11-6-10-19(16-20)26-23(28)22-15-18-9-4-5-12-21(18)27(22)24(29)17-7-2-1-3-8-17/h1-3,6-8,10-11,16,18,21-22H,4-5,9,12,14-15H2,(H,26,28). The molecule has 4 rings (SSSR count). The molecule has 0 radical (unpaired) electrons. The smallest absolute Gasteiger partial charge is 0.254 e. The van der Waals surface area contributed by atoms with E-state index in [9.17, 15) is 9.59 Å². The van der Waals surface area contributed by atoms with Crippen LogP contribution in [-0.2, 0) is 4.79 Å². The highest BCUT2D eigenvalue weighted by Gasteiger charge is 2.47. The molecule has 2 amide bonds. The van der Waals surface area contributed by atoms with Crippen LogP contribution in [0.4, 0.5) is 5.69 Å². The fourth-order valence-electron chi connectivity index (χ4n) is 4.72. The summed E-state index contributed by atoms with van der Waals surface area (Å²) in [5.74, 6) is 0.640. The van der Waals surface area contributed by atoms with E-state index in [1.165, 1.54) is 0 Å². The fraction of sp³-hybridized carbons (Fsp3) is 0.375. The number of hydrogen-bond donors (Lipinski definition) is 1. The van der Waals surface area contributed by atoms with E-state index < -0.39 is 6.04 Å². The van der Waals surface area contributed by atoms with Crippen molar-refractivity contribution in [2.75, 3.05) is 11.9 Å². The molecule has 3 unspecified atom stereocenters. The van der Waals surface area contributed by atoms with Crippen LogP contribution >= 0.6 is 0 Å². The van der Waals surface area contributed by atoms with Gasteiger partial charge >= 0.3 is 0 Å². The van der Waals surface area contributed by atoms with Crippen molar-refractivity contribution in [1.29, 1.82) is 5.26 Å². The Balaban J connectivity index is 1.55. The predicted molar refractivity (Wildman–Crippen MR) is 113 cm³/mol. The Kier molecular flexibility index (Phi) is 5.99. The Morgan fingerprint density at radius 2 is 1.90 bits per heavy atom. The summed E-state index contributed by atoms with van der Waals surface area (Å²) >= 11 is 0. The molecule has 1 saturated heterocycles. The Labute approximate surface area is 176 Å². The van der Waals surface area contributed by atoms with E-state index in [1.54, 1.807) is 24.3 Å². The summed E-state index contributed by atoms with van der Waals surface area (Å²) in [6.07, 6.45) is 4.95. The van der Waals surface area contributed by atoms with Crippen molar-refractivity contribution in [2.24, 2.45) is 5.92 Å². The lowest BCUT2D eigenvalue weighted by Crippen LogP contribution is -2.47. The summed E-state index contributed by atoms with van der Waals surface area (Å²) in [5.41, 5.74) is 1.21. The molecule has 2 fully saturated rings. The number of likely N-dealkylation sites (tertiary alicyclic amines) is 1. The largest absolute Gasteiger partial charge is 0.479 e. The van der Waals surface area contributed by atoms with E-state index in [1.807, 2.05) is 41.3 Å². The van der Waals surface area contributed by atoms with Crippen LogP contribution < -0.4 is 10.1 Å². The molecule has 0 aromatic heterocycles. The van der Waals surface area contributed by atoms with Crippen LogP contribution in [0.3, 0.4) is 0 Å². The zero-order valence-corrected chi connectivity index (χ0v) is 16.8. The van der Waals surface area contributed by atoms with Crippen LogP contribution in [0, 0.1) is 17.2 Å². The van der Waals surface area contributed by atoms with Gasteiger partial charge in [0.25, 0.3) is 5.91 Å². The lowest BCUT2D eigenvalue weighted by Gasteiger charge is -2.33. The van der Waals surface area contributed by atoms with E-state index in [0.717, 1.165) is 25.7 Å². The number of nitrogens with one attached hydrogen (secondary N) is 1. The van der Waals surface area contributed by atoms with Gasteiger partial charge < -0.3 is 15.0 Å². The number of rotatable bonds is 5. The molecular formula is C24H25N3O3. The van der Waals surface area contributed by atoms with E-state index in [4.69, 9.17) is 10.00 Å². The first-order valence-corrected chi connectivity index (χ1v) is 10.5. The highest BCUT2D eigenvalue weighted by molar-refractivity contribution is 6.02. The molecule has 2 aromatic rings. The number of nitrogens with zero attached hydrogens (tertiary/aromatic N) is 2. The molecule has 1 saturated carbocycles. The topological polar surface area (TPSA) is 82.4 Å². The molecule has 1 heterocycles. The van der Waals surface area contributed by atoms with Crippen LogP contribution in [0.25, 0.3) is 0 Å². The zero-order valence-electron chi connectivity index (χ0n) is 16.8. The summed E-state index contributed by atoms with van der Waals surface area (Å²) in [7, 11) is 0. The summed E-state index contributed by atoms with van der Waals surface area (Å²) < 4.78 is 5.32. The van der Waals surface area contributed by atoms with Gasteiger partial charge in [-0.3, -0.25) is 9.59 Å². The van der Waals surface area contributed by atoms with E-state index >= 15 is 0 Å². The molecule has 1 aliphatic heterocycles. The van der Waals surface area contributed by atoms with Crippen molar-refractivity contribution in [2.45, 2.75) is 44.2 Å². The number of ether oxygens (including phenoxy) is 1. The second-order valence-electron chi connectivity index (χ2n) is 7.91. The Morgan fingerprint density at radius 3 is 2.70 bits per heavy atom. The number of hydrogen-bond acceptors (Lipinski definition) is 4. The van der Waals surface area contributed by atoms with Crippen molar-refractivity contribution in [3.63, 3.8) is 0 Å². The van der Waals surface area contributed by atoms with Gasteiger partial charge in [-0.05, 0) is 49.4 Å². The quantitative estimate of drug-likeness (QED) is 0.818. The van der Waals surface area contributed by atoms with Crippen LogP contribution in [0.1, 0.15) is 42.5 Å². The maximum atomic E-state index is 13.3. The van der Waals surface area contributed by atoms with Gasteiger partial charge in [0, 0.05) is 23.4 Å². The molecule has 2 aromatic carbocycles. The lowest BCUT2D eigenvalue weighted by molar-refractivity contribution is -0.120. The Hall–Kier alpha value is -3.33. The van der Waals surface area contributed by atoms with Gasteiger partial charge in [0.1, 0.15) is 17.9 Å². The lowest BCUT2D eigenvalue weighted by atomic mass is 9.84. The molecule has 0 spiro atoms. The van der Waals surface area contributed by atoms with E-state index in [-0.39, 0.29) is 24.5 Å². The maximum absolute atomic E-state index is 13.3. The maximum Gasteiger partial charge on any atom is 0.254 e. The van der Waals surface area contributed by atoms with Crippen LogP contribution in [0.5, 0.6) is 5.75 Å². The second kappa shape index (κ2) is 9.00. The van der Waals surface area contributed by atoms with Gasteiger partial charge in [0.15, 0.2) is 6.61 Å². The first-order chi connectivity index (χ1) is 14.7.